The number of aliphatic hydroxyl groups excluding tert-OH is 8. The maximum atomic E-state index is 12.6. The van der Waals surface area contributed by atoms with E-state index in [0.717, 1.165) is 138 Å². The lowest BCUT2D eigenvalue weighted by atomic mass is 9.62. The van der Waals surface area contributed by atoms with Crippen LogP contribution in [0.4, 0.5) is 0 Å². The molecule has 0 aromatic carbocycles. The molecule has 12 rings (SSSR count). The number of hydrogen-bond donors (Lipinski definition) is 8. The zero-order valence-corrected chi connectivity index (χ0v) is 86.4. The molecule has 130 heavy (non-hydrogen) atoms. The summed E-state index contributed by atoms with van der Waals surface area (Å²) in [4.78, 5) is 0. The van der Waals surface area contributed by atoms with E-state index in [4.69, 9.17) is 46.4 Å². The fraction of sp³-hybridized carbons (Fsp3) is 0.623. The Bertz CT molecular complexity index is 4960. The SMILES string of the molecule is C=C1/C(=C\C=C2/CCC[C@]3(C)C([C@H](C)C/C=C(\Cl)S(=O)(=O)C(C)(C)C)=CC[C@@H]23)C[C@@H](O)C[C@@H]1O.C=C1/C(=C\C=C2/CCC[C@]3(C)C([C@H](C)C/C=C(\Cl)S(=O)(=O)C(C)(C)C)=CC[C@@H]23)C[C@H](O)C[C@H]1O.C=C1/C(=C\C=C2/CCC[C@]3(C)C([C@H](C)C/C=C(\Cl)S(C)(=O)=O)=CC[C@@H]23)C[C@@H](O)C[C@@H]1O.C=C1/C(=C\C=C2/CCC[C@]3(C)C([C@H](C)C/C=C(\Cl)S(C)(=O)=O)=CC[C@@H]23)C[C@H](O)C[C@H]1O. The van der Waals surface area contributed by atoms with Crippen LogP contribution >= 0.6 is 46.4 Å². The van der Waals surface area contributed by atoms with Crippen LogP contribution in [-0.4, -0.2) is 145 Å². The molecule has 724 valence electrons. The van der Waals surface area contributed by atoms with Gasteiger partial charge in [0.25, 0.3) is 0 Å². The van der Waals surface area contributed by atoms with Gasteiger partial charge in [0.15, 0.2) is 39.3 Å². The summed E-state index contributed by atoms with van der Waals surface area (Å²) in [6, 6.07) is 0. The molecule has 0 aromatic heterocycles. The summed E-state index contributed by atoms with van der Waals surface area (Å²) < 4.78 is 94.8. The van der Waals surface area contributed by atoms with Crippen molar-refractivity contribution < 1.29 is 74.5 Å². The van der Waals surface area contributed by atoms with E-state index < -0.39 is 97.7 Å². The van der Waals surface area contributed by atoms with Crippen molar-refractivity contribution in [2.45, 2.75) is 335 Å². The van der Waals surface area contributed by atoms with E-state index in [9.17, 15) is 74.5 Å². The van der Waals surface area contributed by atoms with Gasteiger partial charge in [0, 0.05) is 38.2 Å². The molecule has 0 radical (unpaired) electrons. The van der Waals surface area contributed by atoms with Crippen LogP contribution in [-0.2, 0) is 39.3 Å². The van der Waals surface area contributed by atoms with Gasteiger partial charge in [-0.05, 0) is 309 Å². The summed E-state index contributed by atoms with van der Waals surface area (Å²) in [7, 11) is -13.8. The largest absolute Gasteiger partial charge is 0.393 e. The van der Waals surface area contributed by atoms with Crippen LogP contribution in [0, 0.1) is 69.0 Å². The number of halogens is 4. The van der Waals surface area contributed by atoms with Crippen molar-refractivity contribution >= 4 is 85.8 Å². The number of rotatable bonds is 20. The second kappa shape index (κ2) is 44.1. The van der Waals surface area contributed by atoms with E-state index in [-0.39, 0.29) is 62.8 Å². The van der Waals surface area contributed by atoms with Gasteiger partial charge in [0.2, 0.25) is 0 Å². The van der Waals surface area contributed by atoms with Crippen LogP contribution in [0.1, 0.15) is 277 Å². The highest BCUT2D eigenvalue weighted by atomic mass is 35.5. The first kappa shape index (κ1) is 109. The molecule has 0 bridgehead atoms. The van der Waals surface area contributed by atoms with E-state index in [1.807, 2.05) is 12.2 Å². The lowest BCUT2D eigenvalue weighted by Crippen LogP contribution is -2.32. The monoisotopic (exact) mass is 1950 g/mol. The molecular weight excluding hydrogens is 1800 g/mol. The number of aliphatic hydroxyl groups is 8. The Morgan fingerprint density at radius 1 is 0.362 bits per heavy atom. The van der Waals surface area contributed by atoms with Gasteiger partial charge in [-0.15, -0.1) is 0 Å². The average molecular weight is 1950 g/mol. The van der Waals surface area contributed by atoms with E-state index in [0.29, 0.717) is 123 Å². The molecule has 0 heterocycles. The Morgan fingerprint density at radius 3 is 0.738 bits per heavy atom. The molecule has 8 fully saturated rings. The highest BCUT2D eigenvalue weighted by molar-refractivity contribution is 7.98. The summed E-state index contributed by atoms with van der Waals surface area (Å²) in [5.41, 5.74) is 18.1. The standard InChI is InChI=1S/2C28H41ClO4S.2C25H35ClO4S/c2*1-18(9-14-26(29)34(32,33)27(3,4)5)23-12-13-24-20(8-7-15-28(23,24)6)10-11-21-16-22(30)17-25(31)19(21)2;2*1-16(7-12-24(26)31(4,29)30)21-10-11-22-18(6-5-13-25(21,22)3)8-9-19-14-20(27)15-23(28)17(19)2/h2*10-12,14,18,22,24-25,30-31H,2,7-9,13,15-17H2,1,3-6H3;2*8-10,12,16,20,22-23,27-28H,2,5-7,11,13-15H2,1,3-4H3/b2*20-10+,21-11-,26-14+;2*18-8+,19-9-,24-12+/t18-,22+,24+,25-,28-;18-,22-,24+,25+,28-;16-,20+,22+,23-,25-;16-,20-,22+,23+,25-/m1111/s1. The molecule has 0 unspecified atom stereocenters. The quantitative estimate of drug-likeness (QED) is 0.0526. The third kappa shape index (κ3) is 25.5. The molecular formula is C106H152Cl4O16S4. The summed E-state index contributed by atoms with van der Waals surface area (Å²) in [5, 5.41) is 80.6. The minimum atomic E-state index is -3.52. The van der Waals surface area contributed by atoms with Crippen LogP contribution in [0.5, 0.6) is 0 Å². The summed E-state index contributed by atoms with van der Waals surface area (Å²) in [6.07, 6.45) is 53.5. The Labute approximate surface area is 800 Å². The smallest absolute Gasteiger partial charge is 0.193 e. The van der Waals surface area contributed by atoms with E-state index in [1.165, 1.54) is 44.6 Å². The molecule has 8 saturated carbocycles. The van der Waals surface area contributed by atoms with Crippen LogP contribution in [0.25, 0.3) is 0 Å². The Balaban J connectivity index is 0.000000195. The summed E-state index contributed by atoms with van der Waals surface area (Å²) in [5.74, 6) is 2.56. The average Bonchev–Trinajstić information content (AvgIpc) is 1.59. The van der Waals surface area contributed by atoms with Crippen LogP contribution in [0.15, 0.2) is 230 Å². The van der Waals surface area contributed by atoms with Gasteiger partial charge in [-0.25, -0.2) is 33.7 Å². The minimum absolute atomic E-state index is 0.0494. The molecule has 16 nitrogen and oxygen atoms in total. The first-order valence-corrected chi connectivity index (χ1v) is 55.4. The van der Waals surface area contributed by atoms with Gasteiger partial charge in [0.1, 0.15) is 17.5 Å². The molecule has 12 aliphatic rings. The first-order chi connectivity index (χ1) is 60.2. The van der Waals surface area contributed by atoms with Crippen LogP contribution in [0.3, 0.4) is 0 Å². The van der Waals surface area contributed by atoms with Crippen molar-refractivity contribution in [3.05, 3.63) is 230 Å². The fourth-order valence-electron chi connectivity index (χ4n) is 23.0. The lowest BCUT2D eigenvalue weighted by Gasteiger charge is -2.42. The molecule has 24 heteroatoms. The van der Waals surface area contributed by atoms with Crippen molar-refractivity contribution in [1.82, 2.24) is 0 Å². The van der Waals surface area contributed by atoms with Crippen LogP contribution < -0.4 is 0 Å². The predicted molar refractivity (Wildman–Crippen MR) is 537 cm³/mol. The summed E-state index contributed by atoms with van der Waals surface area (Å²) in [6.45, 7) is 44.1. The topological polar surface area (TPSA) is 298 Å². The van der Waals surface area contributed by atoms with Crippen molar-refractivity contribution in [2.75, 3.05) is 12.5 Å². The second-order valence-electron chi connectivity index (χ2n) is 42.5. The van der Waals surface area contributed by atoms with Gasteiger partial charge in [-0.3, -0.25) is 0 Å². The predicted octanol–water partition coefficient (Wildman–Crippen LogP) is 23.1. The maximum absolute atomic E-state index is 12.6. The Kier molecular flexibility index (Phi) is 37.0. The highest BCUT2D eigenvalue weighted by Crippen LogP contribution is 2.62. The number of allylic oxidation sites excluding steroid dienone is 24. The molecule has 0 aromatic rings. The molecule has 0 spiro atoms. The number of hydrogen-bond acceptors (Lipinski definition) is 16. The molecule has 20 atom stereocenters. The minimum Gasteiger partial charge on any atom is -0.393 e. The van der Waals surface area contributed by atoms with E-state index >= 15 is 0 Å². The number of sulfone groups is 4. The lowest BCUT2D eigenvalue weighted by molar-refractivity contribution is 0.0856. The van der Waals surface area contributed by atoms with Crippen molar-refractivity contribution in [1.29, 1.82) is 0 Å². The van der Waals surface area contributed by atoms with E-state index in [1.54, 1.807) is 65.8 Å². The van der Waals surface area contributed by atoms with Crippen molar-refractivity contribution in [2.24, 2.45) is 69.0 Å². The van der Waals surface area contributed by atoms with Gasteiger partial charge in [-0.2, -0.15) is 0 Å². The fourth-order valence-corrected chi connectivity index (χ4v) is 27.4. The number of fused-ring (bicyclic) bond motifs is 4. The van der Waals surface area contributed by atoms with Gasteiger partial charge >= 0.3 is 0 Å². The zero-order chi connectivity index (χ0) is 96.9. The van der Waals surface area contributed by atoms with Crippen LogP contribution in [0.2, 0.25) is 0 Å². The van der Waals surface area contributed by atoms with Gasteiger partial charge in [-0.1, -0.05) is 270 Å². The first-order valence-electron chi connectivity index (χ1n) is 47.2. The highest BCUT2D eigenvalue weighted by Gasteiger charge is 2.51. The normalized spacial score (nSPS) is 35.1. The summed E-state index contributed by atoms with van der Waals surface area (Å²) >= 11 is 24.4. The molecule has 0 saturated heterocycles. The molecule has 12 aliphatic carbocycles. The van der Waals surface area contributed by atoms with Crippen molar-refractivity contribution in [3.8, 4) is 0 Å². The third-order valence-corrected chi connectivity index (χ3v) is 40.8. The zero-order valence-electron chi connectivity index (χ0n) is 80.1. The second-order valence-corrected chi connectivity index (χ2v) is 54.3. The third-order valence-electron chi connectivity index (χ3n) is 31.0. The van der Waals surface area contributed by atoms with Gasteiger partial charge < -0.3 is 40.9 Å². The molecule has 8 N–H and O–H groups in total. The Hall–Kier alpha value is -4.56. The van der Waals surface area contributed by atoms with Gasteiger partial charge in [0.05, 0.1) is 58.3 Å². The molecule has 0 amide bonds. The van der Waals surface area contributed by atoms with E-state index in [2.05, 4.69) is 142 Å². The van der Waals surface area contributed by atoms with Crippen molar-refractivity contribution in [3.63, 3.8) is 0 Å². The Morgan fingerprint density at radius 2 is 0.554 bits per heavy atom. The maximum Gasteiger partial charge on any atom is 0.193 e. The molecule has 0 aliphatic heterocycles.